The number of aryl methyl sites for hydroxylation is 1. The predicted octanol–water partition coefficient (Wildman–Crippen LogP) is 4.22. The van der Waals surface area contributed by atoms with Gasteiger partial charge in [0.15, 0.2) is 0 Å². The summed E-state index contributed by atoms with van der Waals surface area (Å²) in [6.07, 6.45) is 0. The van der Waals surface area contributed by atoms with Crippen LogP contribution in [0.1, 0.15) is 34.8 Å². The molecule has 0 aliphatic rings. The lowest BCUT2D eigenvalue weighted by molar-refractivity contribution is 0.0531. The minimum absolute atomic E-state index is 0.290. The Bertz CT molecular complexity index is 1100. The number of esters is 1. The molecule has 0 spiro atoms. The number of ether oxygens (including phenoxy) is 1. The molecule has 0 amide bonds. The van der Waals surface area contributed by atoms with E-state index in [-0.39, 0.29) is 6.61 Å². The number of nitrogens with zero attached hydrogens (tertiary/aromatic N) is 2. The Hall–Kier alpha value is -2.71. The number of rotatable bonds is 5. The molecule has 0 saturated heterocycles. The highest BCUT2D eigenvalue weighted by Gasteiger charge is 2.16. The van der Waals surface area contributed by atoms with Crippen molar-refractivity contribution in [2.24, 2.45) is 5.10 Å². The smallest absolute Gasteiger partial charge is 0.350 e. The predicted molar refractivity (Wildman–Crippen MR) is 106 cm³/mol. The van der Waals surface area contributed by atoms with Gasteiger partial charge >= 0.3 is 11.6 Å². The molecule has 3 aromatic rings. The minimum Gasteiger partial charge on any atom is -0.462 e. The van der Waals surface area contributed by atoms with Crippen LogP contribution in [0.4, 0.5) is 5.13 Å². The minimum atomic E-state index is -0.504. The average molecular weight is 406 g/mol. The number of nitrogens with one attached hydrogen (secondary N) is 1. The summed E-state index contributed by atoms with van der Waals surface area (Å²) in [6, 6.07) is 6.67. The van der Waals surface area contributed by atoms with Gasteiger partial charge < -0.3 is 9.15 Å². The van der Waals surface area contributed by atoms with E-state index in [1.54, 1.807) is 45.0 Å². The number of aromatic nitrogens is 1. The van der Waals surface area contributed by atoms with Crippen molar-refractivity contribution in [3.63, 3.8) is 0 Å². The van der Waals surface area contributed by atoms with Crippen molar-refractivity contribution in [3.8, 4) is 0 Å². The van der Waals surface area contributed by atoms with Crippen LogP contribution < -0.4 is 11.1 Å². The van der Waals surface area contributed by atoms with E-state index >= 15 is 0 Å². The number of carbonyl (C=O) groups excluding carboxylic acids is 1. The first kappa shape index (κ1) is 19.1. The number of fused-ring (bicyclic) bond motifs is 1. The Labute approximate surface area is 163 Å². The first-order chi connectivity index (χ1) is 12.9. The van der Waals surface area contributed by atoms with Crippen LogP contribution in [0.15, 0.2) is 38.6 Å². The van der Waals surface area contributed by atoms with E-state index < -0.39 is 11.6 Å². The van der Waals surface area contributed by atoms with Gasteiger partial charge in [-0.3, -0.25) is 5.43 Å². The molecule has 0 aliphatic carbocycles. The molecule has 140 valence electrons. The molecule has 0 saturated carbocycles. The Morgan fingerprint density at radius 1 is 1.41 bits per heavy atom. The molecule has 2 heterocycles. The summed E-state index contributed by atoms with van der Waals surface area (Å²) in [7, 11) is 0. The average Bonchev–Trinajstić information content (AvgIpc) is 3.00. The van der Waals surface area contributed by atoms with Crippen LogP contribution in [0.5, 0.6) is 0 Å². The fourth-order valence-corrected chi connectivity index (χ4v) is 3.35. The number of thiazole rings is 1. The van der Waals surface area contributed by atoms with Gasteiger partial charge in [-0.1, -0.05) is 22.9 Å². The number of hydrogen-bond donors (Lipinski definition) is 1. The second-order valence-electron chi connectivity index (χ2n) is 5.59. The molecule has 0 unspecified atom stereocenters. The second kappa shape index (κ2) is 7.89. The van der Waals surface area contributed by atoms with Gasteiger partial charge in [0.2, 0.25) is 5.13 Å². The van der Waals surface area contributed by atoms with E-state index in [0.717, 1.165) is 11.3 Å². The molecule has 3 rings (SSSR count). The van der Waals surface area contributed by atoms with Gasteiger partial charge in [0.05, 0.1) is 23.6 Å². The standard InChI is InChI=1S/C18H16ClN3O4S/c1-4-25-17(24)15-10(3)20-18(27-15)22-21-9(2)13-8-11-7-12(19)5-6-14(11)26-16(13)23/h5-8H,4H2,1-3H3,(H,20,22)/b21-9+. The lowest BCUT2D eigenvalue weighted by atomic mass is 10.1. The third kappa shape index (κ3) is 4.17. The number of halogens is 1. The summed E-state index contributed by atoms with van der Waals surface area (Å²) in [5, 5.41) is 5.84. The van der Waals surface area contributed by atoms with Gasteiger partial charge in [-0.05, 0) is 45.0 Å². The van der Waals surface area contributed by atoms with Gasteiger partial charge in [-0.25, -0.2) is 14.6 Å². The van der Waals surface area contributed by atoms with Crippen molar-refractivity contribution in [2.45, 2.75) is 20.8 Å². The van der Waals surface area contributed by atoms with Crippen LogP contribution in [-0.2, 0) is 4.74 Å². The van der Waals surface area contributed by atoms with Gasteiger partial charge in [0, 0.05) is 10.4 Å². The molecular formula is C18H16ClN3O4S. The first-order valence-corrected chi connectivity index (χ1v) is 9.27. The summed E-state index contributed by atoms with van der Waals surface area (Å²) in [4.78, 5) is 28.7. The monoisotopic (exact) mass is 405 g/mol. The van der Waals surface area contributed by atoms with Crippen LogP contribution >= 0.6 is 22.9 Å². The zero-order chi connectivity index (χ0) is 19.6. The van der Waals surface area contributed by atoms with E-state index in [1.165, 1.54) is 0 Å². The number of hydrogen-bond acceptors (Lipinski definition) is 8. The van der Waals surface area contributed by atoms with Gasteiger partial charge in [-0.15, -0.1) is 0 Å². The molecule has 0 atom stereocenters. The zero-order valence-corrected chi connectivity index (χ0v) is 16.4. The third-order valence-corrected chi connectivity index (χ3v) is 4.94. The molecule has 9 heteroatoms. The van der Waals surface area contributed by atoms with Crippen LogP contribution in [0.3, 0.4) is 0 Å². The largest absolute Gasteiger partial charge is 0.462 e. The molecule has 1 aromatic carbocycles. The zero-order valence-electron chi connectivity index (χ0n) is 14.8. The Morgan fingerprint density at radius 3 is 2.93 bits per heavy atom. The summed E-state index contributed by atoms with van der Waals surface area (Å²) in [5.74, 6) is -0.423. The highest BCUT2D eigenvalue weighted by atomic mass is 35.5. The van der Waals surface area contributed by atoms with Gasteiger partial charge in [0.25, 0.3) is 0 Å². The molecule has 0 fully saturated rings. The molecule has 0 radical (unpaired) electrons. The Kier molecular flexibility index (Phi) is 5.57. The van der Waals surface area contributed by atoms with Crippen LogP contribution in [0, 0.1) is 6.92 Å². The van der Waals surface area contributed by atoms with E-state index in [2.05, 4.69) is 15.5 Å². The van der Waals surface area contributed by atoms with Crippen molar-refractivity contribution in [2.75, 3.05) is 12.0 Å². The maximum absolute atomic E-state index is 12.2. The van der Waals surface area contributed by atoms with Crippen LogP contribution in [0.25, 0.3) is 11.0 Å². The van der Waals surface area contributed by atoms with E-state index in [1.807, 2.05) is 0 Å². The number of anilines is 1. The Balaban J connectivity index is 1.87. The molecule has 0 aliphatic heterocycles. The van der Waals surface area contributed by atoms with Crippen LogP contribution in [0.2, 0.25) is 5.02 Å². The van der Waals surface area contributed by atoms with E-state index in [4.69, 9.17) is 20.8 Å². The summed E-state index contributed by atoms with van der Waals surface area (Å²) < 4.78 is 10.3. The quantitative estimate of drug-likeness (QED) is 0.295. The lowest BCUT2D eigenvalue weighted by Crippen LogP contribution is -2.13. The topological polar surface area (TPSA) is 93.8 Å². The maximum Gasteiger partial charge on any atom is 0.350 e. The fourth-order valence-electron chi connectivity index (χ4n) is 2.37. The third-order valence-electron chi connectivity index (χ3n) is 3.66. The first-order valence-electron chi connectivity index (χ1n) is 8.07. The van der Waals surface area contributed by atoms with Gasteiger partial charge in [0.1, 0.15) is 10.5 Å². The van der Waals surface area contributed by atoms with E-state index in [0.29, 0.717) is 43.0 Å². The number of benzene rings is 1. The van der Waals surface area contributed by atoms with Crippen molar-refractivity contribution in [1.82, 2.24) is 4.98 Å². The molecule has 7 nitrogen and oxygen atoms in total. The number of hydrazone groups is 1. The van der Waals surface area contributed by atoms with Gasteiger partial charge in [-0.2, -0.15) is 5.10 Å². The summed E-state index contributed by atoms with van der Waals surface area (Å²) in [6.45, 7) is 5.41. The normalized spacial score (nSPS) is 11.6. The van der Waals surface area contributed by atoms with Crippen molar-refractivity contribution >= 4 is 50.7 Å². The second-order valence-corrected chi connectivity index (χ2v) is 7.03. The summed E-state index contributed by atoms with van der Waals surface area (Å²) >= 11 is 7.12. The molecular weight excluding hydrogens is 390 g/mol. The lowest BCUT2D eigenvalue weighted by Gasteiger charge is -2.03. The molecule has 0 bridgehead atoms. The molecule has 2 aromatic heterocycles. The maximum atomic E-state index is 12.2. The van der Waals surface area contributed by atoms with E-state index in [9.17, 15) is 9.59 Å². The highest BCUT2D eigenvalue weighted by molar-refractivity contribution is 7.17. The molecule has 27 heavy (non-hydrogen) atoms. The van der Waals surface area contributed by atoms with Crippen molar-refractivity contribution in [3.05, 3.63) is 55.8 Å². The highest BCUT2D eigenvalue weighted by Crippen LogP contribution is 2.24. The molecule has 1 N–H and O–H groups in total. The van der Waals surface area contributed by atoms with Crippen molar-refractivity contribution in [1.29, 1.82) is 0 Å². The van der Waals surface area contributed by atoms with Crippen molar-refractivity contribution < 1.29 is 13.9 Å². The summed E-state index contributed by atoms with van der Waals surface area (Å²) in [5.41, 5.74) is 3.98. The fraction of sp³-hybridized carbons (Fsp3) is 0.222. The van der Waals surface area contributed by atoms with Crippen LogP contribution in [-0.4, -0.2) is 23.3 Å². The SMILES string of the molecule is CCOC(=O)c1sc(N/N=C(\C)c2cc3cc(Cl)ccc3oc2=O)nc1C. The Morgan fingerprint density at radius 2 is 2.19 bits per heavy atom. The number of carbonyl (C=O) groups is 1.